The quantitative estimate of drug-likeness (QED) is 0.217. The number of rotatable bonds is 5. The summed E-state index contributed by atoms with van der Waals surface area (Å²) in [6.07, 6.45) is 0. The van der Waals surface area contributed by atoms with Gasteiger partial charge in [0.1, 0.15) is 7.85 Å². The first kappa shape index (κ1) is 23.3. The first-order valence-electron chi connectivity index (χ1n) is 13.3. The van der Waals surface area contributed by atoms with Crippen molar-refractivity contribution in [2.24, 2.45) is 0 Å². The standard InChI is InChI=1S/C37H26BN/c38-29-17-12-20-31(25-29)39(30-18-8-3-9-19-30)32-23-24-34-33-21-10-11-22-35(33)37(36(34)26-32,27-13-4-1-5-14-27)28-15-6-2-7-16-28/h1-26H. The maximum Gasteiger partial charge on any atom is 0.113 e. The summed E-state index contributed by atoms with van der Waals surface area (Å²) >= 11 is 0. The Bertz CT molecular complexity index is 1720. The third-order valence-corrected chi connectivity index (χ3v) is 7.84. The predicted molar refractivity (Wildman–Crippen MR) is 164 cm³/mol. The fourth-order valence-corrected chi connectivity index (χ4v) is 6.26. The highest BCUT2D eigenvalue weighted by Gasteiger charge is 2.46. The van der Waals surface area contributed by atoms with Crippen molar-refractivity contribution in [3.05, 3.63) is 180 Å². The number of fused-ring (bicyclic) bond motifs is 3. The number of hydrogen-bond donors (Lipinski definition) is 0. The second-order valence-electron chi connectivity index (χ2n) is 10.0. The van der Waals surface area contributed by atoms with Gasteiger partial charge in [-0.1, -0.05) is 127 Å². The fraction of sp³-hybridized carbons (Fsp3) is 0.0270. The van der Waals surface area contributed by atoms with E-state index in [4.69, 9.17) is 7.85 Å². The van der Waals surface area contributed by atoms with Gasteiger partial charge in [0.15, 0.2) is 0 Å². The van der Waals surface area contributed by atoms with E-state index in [2.05, 4.69) is 144 Å². The van der Waals surface area contributed by atoms with Crippen LogP contribution in [0.4, 0.5) is 17.1 Å². The Balaban J connectivity index is 1.55. The van der Waals surface area contributed by atoms with Crippen LogP contribution in [0.2, 0.25) is 0 Å². The molecule has 0 saturated carbocycles. The van der Waals surface area contributed by atoms with Gasteiger partial charge in [-0.05, 0) is 69.8 Å². The summed E-state index contributed by atoms with van der Waals surface area (Å²) in [5.41, 5.74) is 11.2. The van der Waals surface area contributed by atoms with Crippen LogP contribution in [0.5, 0.6) is 0 Å². The van der Waals surface area contributed by atoms with E-state index in [1.54, 1.807) is 0 Å². The summed E-state index contributed by atoms with van der Waals surface area (Å²) in [4.78, 5) is 2.29. The minimum absolute atomic E-state index is 0.442. The maximum absolute atomic E-state index is 6.27. The lowest BCUT2D eigenvalue weighted by atomic mass is 9.67. The molecule has 0 aliphatic heterocycles. The van der Waals surface area contributed by atoms with Gasteiger partial charge in [0.05, 0.1) is 5.41 Å². The van der Waals surface area contributed by atoms with Crippen molar-refractivity contribution in [1.82, 2.24) is 0 Å². The largest absolute Gasteiger partial charge is 0.311 e. The molecule has 0 bridgehead atoms. The van der Waals surface area contributed by atoms with Crippen molar-refractivity contribution in [3.63, 3.8) is 0 Å². The van der Waals surface area contributed by atoms with E-state index < -0.39 is 5.41 Å². The second-order valence-corrected chi connectivity index (χ2v) is 10.0. The molecule has 2 radical (unpaired) electrons. The van der Waals surface area contributed by atoms with Crippen molar-refractivity contribution in [2.45, 2.75) is 5.41 Å². The third-order valence-electron chi connectivity index (χ3n) is 7.84. The average Bonchev–Trinajstić information content (AvgIpc) is 3.29. The summed E-state index contributed by atoms with van der Waals surface area (Å²) in [6.45, 7) is 0. The van der Waals surface area contributed by atoms with Gasteiger partial charge in [0, 0.05) is 17.1 Å². The zero-order valence-corrected chi connectivity index (χ0v) is 21.5. The van der Waals surface area contributed by atoms with Crippen molar-refractivity contribution >= 4 is 30.4 Å². The van der Waals surface area contributed by atoms with Gasteiger partial charge >= 0.3 is 0 Å². The molecule has 182 valence electrons. The molecule has 7 rings (SSSR count). The van der Waals surface area contributed by atoms with E-state index in [0.29, 0.717) is 0 Å². The van der Waals surface area contributed by atoms with Crippen LogP contribution in [-0.2, 0) is 5.41 Å². The first-order chi connectivity index (χ1) is 19.3. The molecule has 6 aromatic rings. The monoisotopic (exact) mass is 495 g/mol. The van der Waals surface area contributed by atoms with Gasteiger partial charge in [-0.3, -0.25) is 0 Å². The molecule has 0 fully saturated rings. The predicted octanol–water partition coefficient (Wildman–Crippen LogP) is 8.31. The Morgan fingerprint density at radius 2 is 0.949 bits per heavy atom. The minimum Gasteiger partial charge on any atom is -0.311 e. The van der Waals surface area contributed by atoms with Gasteiger partial charge < -0.3 is 4.90 Å². The zero-order valence-electron chi connectivity index (χ0n) is 21.5. The number of benzene rings is 6. The molecule has 0 atom stereocenters. The number of anilines is 3. The van der Waals surface area contributed by atoms with Crippen LogP contribution in [0.3, 0.4) is 0 Å². The summed E-state index contributed by atoms with van der Waals surface area (Å²) in [5, 5.41) is 0. The normalized spacial score (nSPS) is 12.9. The van der Waals surface area contributed by atoms with Gasteiger partial charge in [-0.15, -0.1) is 0 Å². The molecule has 2 heteroatoms. The fourth-order valence-electron chi connectivity index (χ4n) is 6.26. The molecular formula is C37H26BN. The summed E-state index contributed by atoms with van der Waals surface area (Å²) in [5.74, 6) is 0. The lowest BCUT2D eigenvalue weighted by Gasteiger charge is -2.35. The molecule has 0 saturated heterocycles. The second kappa shape index (κ2) is 9.49. The van der Waals surface area contributed by atoms with Gasteiger partial charge in [-0.2, -0.15) is 0 Å². The number of hydrogen-bond acceptors (Lipinski definition) is 1. The minimum atomic E-state index is -0.442. The Labute approximate surface area is 231 Å². The lowest BCUT2D eigenvalue weighted by Crippen LogP contribution is -2.28. The molecule has 0 spiro atoms. The van der Waals surface area contributed by atoms with E-state index in [-0.39, 0.29) is 0 Å². The molecule has 6 aromatic carbocycles. The highest BCUT2D eigenvalue weighted by Crippen LogP contribution is 2.57. The van der Waals surface area contributed by atoms with E-state index in [0.717, 1.165) is 22.5 Å². The Hall–Kier alpha value is -4.82. The summed E-state index contributed by atoms with van der Waals surface area (Å²) in [6, 6.07) is 56.2. The maximum atomic E-state index is 6.27. The van der Waals surface area contributed by atoms with Gasteiger partial charge in [0.2, 0.25) is 0 Å². The van der Waals surface area contributed by atoms with Gasteiger partial charge in [-0.25, -0.2) is 0 Å². The van der Waals surface area contributed by atoms with Crippen molar-refractivity contribution in [1.29, 1.82) is 0 Å². The van der Waals surface area contributed by atoms with Crippen LogP contribution >= 0.6 is 0 Å². The van der Waals surface area contributed by atoms with Crippen LogP contribution in [0.15, 0.2) is 158 Å². The Morgan fingerprint density at radius 3 is 1.62 bits per heavy atom. The SMILES string of the molecule is [B]c1cccc(N(c2ccccc2)c2ccc3c(c2)C(c2ccccc2)(c2ccccc2)c2ccccc2-3)c1. The molecule has 1 aliphatic carbocycles. The average molecular weight is 495 g/mol. The molecule has 0 unspecified atom stereocenters. The van der Waals surface area contributed by atoms with Crippen LogP contribution in [-0.4, -0.2) is 7.85 Å². The van der Waals surface area contributed by atoms with Crippen molar-refractivity contribution in [2.75, 3.05) is 4.90 Å². The molecular weight excluding hydrogens is 469 g/mol. The van der Waals surface area contributed by atoms with E-state index in [1.165, 1.54) is 33.4 Å². The van der Waals surface area contributed by atoms with E-state index in [1.807, 2.05) is 18.2 Å². The molecule has 0 amide bonds. The summed E-state index contributed by atoms with van der Waals surface area (Å²) in [7, 11) is 6.27. The lowest BCUT2D eigenvalue weighted by molar-refractivity contribution is 0.768. The number of para-hydroxylation sites is 1. The van der Waals surface area contributed by atoms with Crippen molar-refractivity contribution in [3.8, 4) is 11.1 Å². The molecule has 0 aromatic heterocycles. The number of nitrogens with zero attached hydrogens (tertiary/aromatic N) is 1. The highest BCUT2D eigenvalue weighted by atomic mass is 15.1. The molecule has 0 heterocycles. The van der Waals surface area contributed by atoms with Crippen molar-refractivity contribution < 1.29 is 0 Å². The van der Waals surface area contributed by atoms with Crippen LogP contribution in [0.1, 0.15) is 22.3 Å². The zero-order chi connectivity index (χ0) is 26.2. The Kier molecular flexibility index (Phi) is 5.67. The summed E-state index contributed by atoms with van der Waals surface area (Å²) < 4.78 is 0. The van der Waals surface area contributed by atoms with E-state index in [9.17, 15) is 0 Å². The third kappa shape index (κ3) is 3.72. The van der Waals surface area contributed by atoms with Crippen LogP contribution < -0.4 is 10.4 Å². The highest BCUT2D eigenvalue weighted by molar-refractivity contribution is 6.32. The molecule has 1 nitrogen and oxygen atoms in total. The molecule has 0 N–H and O–H groups in total. The first-order valence-corrected chi connectivity index (χ1v) is 13.3. The van der Waals surface area contributed by atoms with Gasteiger partial charge in [0.25, 0.3) is 0 Å². The topological polar surface area (TPSA) is 3.24 Å². The van der Waals surface area contributed by atoms with Crippen LogP contribution in [0.25, 0.3) is 11.1 Å². The molecule has 39 heavy (non-hydrogen) atoms. The van der Waals surface area contributed by atoms with E-state index >= 15 is 0 Å². The van der Waals surface area contributed by atoms with Crippen LogP contribution in [0, 0.1) is 0 Å². The Morgan fingerprint density at radius 1 is 0.410 bits per heavy atom. The molecule has 1 aliphatic rings. The smallest absolute Gasteiger partial charge is 0.113 e.